The third-order valence-electron chi connectivity index (χ3n) is 4.80. The van der Waals surface area contributed by atoms with Crippen molar-refractivity contribution in [1.82, 2.24) is 15.1 Å². The second-order valence-electron chi connectivity index (χ2n) is 7.15. The van der Waals surface area contributed by atoms with Crippen LogP contribution in [0.1, 0.15) is 40.5 Å². The van der Waals surface area contributed by atoms with Crippen molar-refractivity contribution in [2.75, 3.05) is 6.54 Å². The number of carbonyl (C=O) groups is 1. The number of hydrogen-bond acceptors (Lipinski definition) is 3. The predicted octanol–water partition coefficient (Wildman–Crippen LogP) is 5.00. The summed E-state index contributed by atoms with van der Waals surface area (Å²) in [6.07, 6.45) is -2.73. The van der Waals surface area contributed by atoms with E-state index in [1.807, 2.05) is 30.3 Å². The van der Waals surface area contributed by atoms with Crippen molar-refractivity contribution in [1.29, 1.82) is 0 Å². The van der Waals surface area contributed by atoms with E-state index in [-0.39, 0.29) is 24.9 Å². The number of nitrogens with one attached hydrogen (secondary N) is 1. The van der Waals surface area contributed by atoms with E-state index in [1.54, 1.807) is 24.3 Å². The SMILES string of the molecule is O=C(NCCn1nc(C(F)(F)F)cc1C1CC1)c1ccc(Oc2ccccc2)cc1. The zero-order valence-corrected chi connectivity index (χ0v) is 16.0. The predicted molar refractivity (Wildman–Crippen MR) is 104 cm³/mol. The molecule has 3 aromatic rings. The number of rotatable bonds is 7. The van der Waals surface area contributed by atoms with E-state index < -0.39 is 11.9 Å². The maximum atomic E-state index is 13.0. The van der Waals surface area contributed by atoms with Crippen LogP contribution in [0.2, 0.25) is 0 Å². The number of benzene rings is 2. The molecule has 0 unspecified atom stereocenters. The van der Waals surface area contributed by atoms with Crippen molar-refractivity contribution in [2.45, 2.75) is 31.5 Å². The number of ether oxygens (including phenoxy) is 1. The fraction of sp³-hybridized carbons (Fsp3) is 0.273. The first kappa shape index (κ1) is 20.0. The molecular formula is C22H20F3N3O2. The van der Waals surface area contributed by atoms with E-state index in [1.165, 1.54) is 4.68 Å². The lowest BCUT2D eigenvalue weighted by molar-refractivity contribution is -0.141. The average molecular weight is 415 g/mol. The summed E-state index contributed by atoms with van der Waals surface area (Å²) in [4.78, 5) is 12.3. The van der Waals surface area contributed by atoms with Crippen molar-refractivity contribution in [3.8, 4) is 11.5 Å². The molecule has 1 aliphatic rings. The van der Waals surface area contributed by atoms with Gasteiger partial charge in [0.25, 0.3) is 5.91 Å². The van der Waals surface area contributed by atoms with Crippen LogP contribution in [0.25, 0.3) is 0 Å². The van der Waals surface area contributed by atoms with Crippen LogP contribution in [-0.2, 0) is 12.7 Å². The molecule has 5 nitrogen and oxygen atoms in total. The maximum absolute atomic E-state index is 13.0. The van der Waals surface area contributed by atoms with Crippen LogP contribution < -0.4 is 10.1 Å². The monoisotopic (exact) mass is 415 g/mol. The van der Waals surface area contributed by atoms with E-state index >= 15 is 0 Å². The van der Waals surface area contributed by atoms with Gasteiger partial charge in [-0.15, -0.1) is 0 Å². The van der Waals surface area contributed by atoms with Crippen LogP contribution in [0.4, 0.5) is 13.2 Å². The molecule has 1 aliphatic carbocycles. The van der Waals surface area contributed by atoms with E-state index in [0.29, 0.717) is 22.8 Å². The maximum Gasteiger partial charge on any atom is 0.435 e. The first-order valence-electron chi connectivity index (χ1n) is 9.66. The zero-order valence-electron chi connectivity index (χ0n) is 16.0. The highest BCUT2D eigenvalue weighted by Gasteiger charge is 2.37. The molecule has 0 atom stereocenters. The number of alkyl halides is 3. The molecule has 1 N–H and O–H groups in total. The largest absolute Gasteiger partial charge is 0.457 e. The molecule has 0 spiro atoms. The summed E-state index contributed by atoms with van der Waals surface area (Å²) in [6, 6.07) is 17.0. The van der Waals surface area contributed by atoms with Gasteiger partial charge < -0.3 is 10.1 Å². The third kappa shape index (κ3) is 4.82. The number of amides is 1. The van der Waals surface area contributed by atoms with Gasteiger partial charge in [-0.2, -0.15) is 18.3 Å². The van der Waals surface area contributed by atoms with Gasteiger partial charge in [-0.1, -0.05) is 18.2 Å². The highest BCUT2D eigenvalue weighted by atomic mass is 19.4. The second-order valence-corrected chi connectivity index (χ2v) is 7.15. The normalized spacial score (nSPS) is 13.8. The lowest BCUT2D eigenvalue weighted by Gasteiger charge is -2.09. The van der Waals surface area contributed by atoms with Crippen LogP contribution >= 0.6 is 0 Å². The Bertz CT molecular complexity index is 1010. The first-order chi connectivity index (χ1) is 14.4. The summed E-state index contributed by atoms with van der Waals surface area (Å²) in [5.74, 6) is 1.11. The molecule has 1 aromatic heterocycles. The molecule has 4 rings (SSSR count). The Labute approximate surface area is 171 Å². The fourth-order valence-corrected chi connectivity index (χ4v) is 3.13. The third-order valence-corrected chi connectivity index (χ3v) is 4.80. The molecule has 0 bridgehead atoms. The first-order valence-corrected chi connectivity index (χ1v) is 9.66. The standard InChI is InChI=1S/C22H20F3N3O2/c23-22(24,25)20-14-19(15-6-7-15)28(27-20)13-12-26-21(29)16-8-10-18(11-9-16)30-17-4-2-1-3-5-17/h1-5,8-11,14-15H,6-7,12-13H2,(H,26,29). The Morgan fingerprint density at radius 1 is 1.07 bits per heavy atom. The topological polar surface area (TPSA) is 56.2 Å². The molecule has 1 heterocycles. The number of nitrogens with zero attached hydrogens (tertiary/aromatic N) is 2. The number of carbonyl (C=O) groups excluding carboxylic acids is 1. The van der Waals surface area contributed by atoms with Gasteiger partial charge in [-0.3, -0.25) is 9.48 Å². The number of halogens is 3. The molecule has 30 heavy (non-hydrogen) atoms. The Balaban J connectivity index is 1.33. The molecule has 2 aromatic carbocycles. The molecule has 1 amide bonds. The van der Waals surface area contributed by atoms with E-state index in [2.05, 4.69) is 10.4 Å². The lowest BCUT2D eigenvalue weighted by atomic mass is 10.2. The highest BCUT2D eigenvalue weighted by Crippen LogP contribution is 2.42. The van der Waals surface area contributed by atoms with Gasteiger partial charge in [0.05, 0.1) is 6.54 Å². The zero-order chi connectivity index (χ0) is 21.1. The summed E-state index contributed by atoms with van der Waals surface area (Å²) in [5, 5.41) is 6.42. The van der Waals surface area contributed by atoms with Crippen LogP contribution in [0.5, 0.6) is 11.5 Å². The van der Waals surface area contributed by atoms with Crippen molar-refractivity contribution in [3.05, 3.63) is 77.6 Å². The summed E-state index contributed by atoms with van der Waals surface area (Å²) in [6.45, 7) is 0.364. The molecule has 1 saturated carbocycles. The minimum Gasteiger partial charge on any atom is -0.457 e. The smallest absolute Gasteiger partial charge is 0.435 e. The molecule has 0 aliphatic heterocycles. The quantitative estimate of drug-likeness (QED) is 0.591. The minimum atomic E-state index is -4.47. The summed E-state index contributed by atoms with van der Waals surface area (Å²) in [5.41, 5.74) is 0.137. The molecule has 1 fully saturated rings. The van der Waals surface area contributed by atoms with Gasteiger partial charge in [0.2, 0.25) is 0 Å². The Morgan fingerprint density at radius 3 is 2.37 bits per heavy atom. The average Bonchev–Trinajstić information content (AvgIpc) is 3.48. The van der Waals surface area contributed by atoms with Gasteiger partial charge >= 0.3 is 6.18 Å². The summed E-state index contributed by atoms with van der Waals surface area (Å²) < 4.78 is 45.9. The molecule has 0 saturated heterocycles. The second kappa shape index (κ2) is 8.22. The van der Waals surface area contributed by atoms with E-state index in [4.69, 9.17) is 4.74 Å². The number of hydrogen-bond donors (Lipinski definition) is 1. The highest BCUT2D eigenvalue weighted by molar-refractivity contribution is 5.94. The van der Waals surface area contributed by atoms with Gasteiger partial charge in [-0.25, -0.2) is 0 Å². The summed E-state index contributed by atoms with van der Waals surface area (Å²) in [7, 11) is 0. The van der Waals surface area contributed by atoms with Crippen molar-refractivity contribution < 1.29 is 22.7 Å². The fourth-order valence-electron chi connectivity index (χ4n) is 3.13. The van der Waals surface area contributed by atoms with Crippen LogP contribution in [0.15, 0.2) is 60.7 Å². The Kier molecular flexibility index (Phi) is 5.48. The lowest BCUT2D eigenvalue weighted by Crippen LogP contribution is -2.28. The molecular weight excluding hydrogens is 395 g/mol. The van der Waals surface area contributed by atoms with Crippen LogP contribution in [-0.4, -0.2) is 22.2 Å². The molecule has 156 valence electrons. The summed E-state index contributed by atoms with van der Waals surface area (Å²) >= 11 is 0. The van der Waals surface area contributed by atoms with E-state index in [0.717, 1.165) is 18.9 Å². The van der Waals surface area contributed by atoms with Crippen molar-refractivity contribution >= 4 is 5.91 Å². The number of para-hydroxylation sites is 1. The van der Waals surface area contributed by atoms with Crippen molar-refractivity contribution in [3.63, 3.8) is 0 Å². The van der Waals surface area contributed by atoms with Crippen molar-refractivity contribution in [2.24, 2.45) is 0 Å². The number of aromatic nitrogens is 2. The van der Waals surface area contributed by atoms with Gasteiger partial charge in [0, 0.05) is 23.7 Å². The van der Waals surface area contributed by atoms with Crippen LogP contribution in [0.3, 0.4) is 0 Å². The molecule has 8 heteroatoms. The minimum absolute atomic E-state index is 0.126. The van der Waals surface area contributed by atoms with Gasteiger partial charge in [-0.05, 0) is 55.3 Å². The molecule has 0 radical (unpaired) electrons. The Morgan fingerprint density at radius 2 is 1.73 bits per heavy atom. The van der Waals surface area contributed by atoms with E-state index in [9.17, 15) is 18.0 Å². The van der Waals surface area contributed by atoms with Gasteiger partial charge in [0.1, 0.15) is 11.5 Å². The van der Waals surface area contributed by atoms with Gasteiger partial charge in [0.15, 0.2) is 5.69 Å². The Hall–Kier alpha value is -3.29. The van der Waals surface area contributed by atoms with Crippen LogP contribution in [0, 0.1) is 0 Å².